The lowest BCUT2D eigenvalue weighted by Gasteiger charge is -2.41. The predicted molar refractivity (Wildman–Crippen MR) is 94.9 cm³/mol. The highest BCUT2D eigenvalue weighted by Crippen LogP contribution is 2.35. The van der Waals surface area contributed by atoms with Crippen molar-refractivity contribution in [3.05, 3.63) is 43.0 Å². The van der Waals surface area contributed by atoms with Crippen LogP contribution in [0.25, 0.3) is 0 Å². The van der Waals surface area contributed by atoms with E-state index in [-0.39, 0.29) is 29.7 Å². The van der Waals surface area contributed by atoms with Gasteiger partial charge in [0.15, 0.2) is 0 Å². The largest absolute Gasteiger partial charge is 0.382 e. The van der Waals surface area contributed by atoms with Gasteiger partial charge >= 0.3 is 0 Å². The van der Waals surface area contributed by atoms with Crippen LogP contribution in [0.5, 0.6) is 0 Å². The number of nitrogens with one attached hydrogen (secondary N) is 1. The molecule has 8 nitrogen and oxygen atoms in total. The third-order valence-corrected chi connectivity index (χ3v) is 4.85. The lowest BCUT2D eigenvalue weighted by Crippen LogP contribution is -2.52. The third kappa shape index (κ3) is 4.86. The van der Waals surface area contributed by atoms with Crippen molar-refractivity contribution in [2.24, 2.45) is 5.92 Å². The fraction of sp³-hybridized carbons (Fsp3) is 0.556. The lowest BCUT2D eigenvalue weighted by molar-refractivity contribution is -0.0350. The maximum atomic E-state index is 13.9. The SMILES string of the molecule is COCCO[C@@H]1C[C@@H](CF)[C@@H](NC(=O)c2ccncn2)[C@H](n2ccnc2)C1. The Morgan fingerprint density at radius 2 is 2.22 bits per heavy atom. The van der Waals surface area contributed by atoms with Gasteiger partial charge < -0.3 is 19.4 Å². The standard InChI is InChI=1S/C18H24FN5O3/c1-26-6-7-27-14-8-13(10-19)17(16(9-14)24-5-4-21-12-24)23-18(25)15-2-3-20-11-22-15/h2-5,11-14,16-17H,6-10H2,1H3,(H,23,25)/t13-,14+,16+,17+/m0/s1. The molecule has 2 heterocycles. The monoisotopic (exact) mass is 377 g/mol. The number of amides is 1. The number of rotatable bonds is 8. The molecule has 1 saturated carbocycles. The Labute approximate surface area is 157 Å². The van der Waals surface area contributed by atoms with Crippen LogP contribution in [0.15, 0.2) is 37.3 Å². The Bertz CT molecular complexity index is 700. The Morgan fingerprint density at radius 1 is 1.33 bits per heavy atom. The molecule has 0 radical (unpaired) electrons. The van der Waals surface area contributed by atoms with Crippen molar-refractivity contribution in [3.63, 3.8) is 0 Å². The Kier molecular flexibility index (Phi) is 6.83. The summed E-state index contributed by atoms with van der Waals surface area (Å²) in [5, 5.41) is 2.96. The van der Waals surface area contributed by atoms with Gasteiger partial charge in [-0.15, -0.1) is 0 Å². The van der Waals surface area contributed by atoms with Crippen LogP contribution in [0.3, 0.4) is 0 Å². The highest BCUT2D eigenvalue weighted by molar-refractivity contribution is 5.92. The van der Waals surface area contributed by atoms with Crippen LogP contribution in [0.1, 0.15) is 29.4 Å². The van der Waals surface area contributed by atoms with E-state index in [1.807, 2.05) is 10.8 Å². The molecular formula is C18H24FN5O3. The minimum Gasteiger partial charge on any atom is -0.382 e. The molecule has 0 aliphatic heterocycles. The van der Waals surface area contributed by atoms with Gasteiger partial charge in [-0.3, -0.25) is 9.18 Å². The fourth-order valence-corrected chi connectivity index (χ4v) is 3.54. The summed E-state index contributed by atoms with van der Waals surface area (Å²) in [6, 6.07) is 0.972. The zero-order chi connectivity index (χ0) is 19.1. The van der Waals surface area contributed by atoms with Gasteiger partial charge in [0.25, 0.3) is 5.91 Å². The zero-order valence-electron chi connectivity index (χ0n) is 15.2. The zero-order valence-corrected chi connectivity index (χ0v) is 15.2. The number of alkyl halides is 1. The van der Waals surface area contributed by atoms with Crippen molar-refractivity contribution in [1.82, 2.24) is 24.8 Å². The van der Waals surface area contributed by atoms with E-state index in [0.717, 1.165) is 0 Å². The van der Waals surface area contributed by atoms with Crippen molar-refractivity contribution in [2.75, 3.05) is 27.0 Å². The molecule has 1 aliphatic carbocycles. The van der Waals surface area contributed by atoms with E-state index in [9.17, 15) is 9.18 Å². The van der Waals surface area contributed by atoms with E-state index in [1.165, 1.54) is 18.6 Å². The smallest absolute Gasteiger partial charge is 0.270 e. The first-order valence-electron chi connectivity index (χ1n) is 8.93. The van der Waals surface area contributed by atoms with Crippen molar-refractivity contribution in [2.45, 2.75) is 31.0 Å². The van der Waals surface area contributed by atoms with E-state index < -0.39 is 12.7 Å². The van der Waals surface area contributed by atoms with Gasteiger partial charge in [-0.2, -0.15) is 0 Å². The first-order valence-corrected chi connectivity index (χ1v) is 8.93. The quantitative estimate of drug-likeness (QED) is 0.700. The first-order chi connectivity index (χ1) is 13.2. The van der Waals surface area contributed by atoms with Crippen molar-refractivity contribution < 1.29 is 18.7 Å². The molecule has 0 saturated heterocycles. The van der Waals surface area contributed by atoms with Crippen molar-refractivity contribution >= 4 is 5.91 Å². The predicted octanol–water partition coefficient (Wildman–Crippen LogP) is 1.42. The molecule has 146 valence electrons. The maximum absolute atomic E-state index is 13.9. The van der Waals surface area contributed by atoms with E-state index in [4.69, 9.17) is 9.47 Å². The molecule has 0 unspecified atom stereocenters. The summed E-state index contributed by atoms with van der Waals surface area (Å²) < 4.78 is 26.7. The van der Waals surface area contributed by atoms with Gasteiger partial charge in [0.05, 0.1) is 44.4 Å². The molecule has 2 aromatic heterocycles. The van der Waals surface area contributed by atoms with Gasteiger partial charge in [-0.1, -0.05) is 0 Å². The van der Waals surface area contributed by atoms with Crippen LogP contribution in [0.2, 0.25) is 0 Å². The van der Waals surface area contributed by atoms with E-state index in [0.29, 0.717) is 26.1 Å². The van der Waals surface area contributed by atoms with Gasteiger partial charge in [-0.25, -0.2) is 15.0 Å². The summed E-state index contributed by atoms with van der Waals surface area (Å²) in [5.74, 6) is -0.714. The summed E-state index contributed by atoms with van der Waals surface area (Å²) in [6.45, 7) is 0.388. The fourth-order valence-electron chi connectivity index (χ4n) is 3.54. The van der Waals surface area contributed by atoms with Crippen molar-refractivity contribution in [1.29, 1.82) is 0 Å². The Morgan fingerprint density at radius 3 is 2.89 bits per heavy atom. The molecule has 27 heavy (non-hydrogen) atoms. The summed E-state index contributed by atoms with van der Waals surface area (Å²) in [5.41, 5.74) is 0.255. The Balaban J connectivity index is 1.77. The Hall–Kier alpha value is -2.39. The second-order valence-electron chi connectivity index (χ2n) is 6.54. The van der Waals surface area contributed by atoms with Crippen LogP contribution >= 0.6 is 0 Å². The average molecular weight is 377 g/mol. The van der Waals surface area contributed by atoms with Crippen LogP contribution < -0.4 is 5.32 Å². The molecule has 2 aromatic rings. The summed E-state index contributed by atoms with van der Waals surface area (Å²) in [6.07, 6.45) is 9.05. The third-order valence-electron chi connectivity index (χ3n) is 4.85. The molecule has 4 atom stereocenters. The topological polar surface area (TPSA) is 91.2 Å². The molecule has 3 rings (SSSR count). The molecule has 0 bridgehead atoms. The molecular weight excluding hydrogens is 353 g/mol. The second kappa shape index (κ2) is 9.52. The summed E-state index contributed by atoms with van der Waals surface area (Å²) in [4.78, 5) is 24.5. The van der Waals surface area contributed by atoms with Gasteiger partial charge in [0.2, 0.25) is 0 Å². The lowest BCUT2D eigenvalue weighted by atomic mass is 9.79. The number of aromatic nitrogens is 4. The number of halogens is 1. The van der Waals surface area contributed by atoms with E-state index in [1.54, 1.807) is 19.6 Å². The number of hydrogen-bond donors (Lipinski definition) is 1. The summed E-state index contributed by atoms with van der Waals surface area (Å²) in [7, 11) is 1.61. The number of carbonyl (C=O) groups excluding carboxylic acids is 1. The van der Waals surface area contributed by atoms with Gasteiger partial charge in [0.1, 0.15) is 12.0 Å². The van der Waals surface area contributed by atoms with Crippen LogP contribution in [0.4, 0.5) is 4.39 Å². The molecule has 1 aliphatic rings. The minimum atomic E-state index is -0.552. The first kappa shape index (κ1) is 19.4. The highest BCUT2D eigenvalue weighted by Gasteiger charge is 2.40. The minimum absolute atomic E-state index is 0.111. The molecule has 1 fully saturated rings. The number of methoxy groups -OCH3 is 1. The van der Waals surface area contributed by atoms with E-state index >= 15 is 0 Å². The van der Waals surface area contributed by atoms with Crippen LogP contribution in [-0.4, -0.2) is 64.6 Å². The maximum Gasteiger partial charge on any atom is 0.270 e. The number of hydrogen-bond acceptors (Lipinski definition) is 6. The number of carbonyl (C=O) groups is 1. The molecule has 1 N–H and O–H groups in total. The summed E-state index contributed by atoms with van der Waals surface area (Å²) >= 11 is 0. The highest BCUT2D eigenvalue weighted by atomic mass is 19.1. The van der Waals surface area contributed by atoms with Crippen LogP contribution in [0, 0.1) is 5.92 Å². The van der Waals surface area contributed by atoms with Gasteiger partial charge in [0, 0.05) is 31.6 Å². The number of ether oxygens (including phenoxy) is 2. The van der Waals surface area contributed by atoms with Crippen molar-refractivity contribution in [3.8, 4) is 0 Å². The number of nitrogens with zero attached hydrogens (tertiary/aromatic N) is 4. The molecule has 0 aromatic carbocycles. The normalized spacial score (nSPS) is 25.3. The van der Waals surface area contributed by atoms with Crippen LogP contribution in [-0.2, 0) is 9.47 Å². The molecule has 9 heteroatoms. The van der Waals surface area contributed by atoms with Gasteiger partial charge in [-0.05, 0) is 18.9 Å². The average Bonchev–Trinajstić information content (AvgIpc) is 3.24. The molecule has 0 spiro atoms. The van der Waals surface area contributed by atoms with E-state index in [2.05, 4.69) is 20.3 Å². The second-order valence-corrected chi connectivity index (χ2v) is 6.54. The molecule has 1 amide bonds. The number of imidazole rings is 1.